The standard InChI is InChI=1S/C31H36N4O11S/c1-47(44,45)12-11-23(15-26(37)38)33-25(36)17-32-30(42)28(22-13-20-9-5-6-10-21(20)14-22)35-29(41)24(16-27(39)40)34-31(43)46-18-19-7-3-2-4-8-19/h2-12,22-24,28H,13-18H2,1H3,(H,32,42)(H,33,36)(H,34,43)(H,35,41)(H,37,38)(H,39,40)/b12-11+/t23-,24+,28+/m1/s1. The Balaban J connectivity index is 1.72. The van der Waals surface area contributed by atoms with E-state index in [1.54, 1.807) is 30.3 Å². The second-order valence-electron chi connectivity index (χ2n) is 10.9. The highest BCUT2D eigenvalue weighted by atomic mass is 32.2. The van der Waals surface area contributed by atoms with Crippen LogP contribution in [0.1, 0.15) is 29.5 Å². The van der Waals surface area contributed by atoms with Gasteiger partial charge in [-0.2, -0.15) is 0 Å². The molecule has 0 bridgehead atoms. The summed E-state index contributed by atoms with van der Waals surface area (Å²) in [6, 6.07) is 11.9. The maximum absolute atomic E-state index is 13.4. The van der Waals surface area contributed by atoms with Crippen molar-refractivity contribution in [2.24, 2.45) is 5.92 Å². The highest BCUT2D eigenvalue weighted by Crippen LogP contribution is 2.29. The third-order valence-electron chi connectivity index (χ3n) is 7.06. The van der Waals surface area contributed by atoms with Gasteiger partial charge in [-0.25, -0.2) is 13.2 Å². The summed E-state index contributed by atoms with van der Waals surface area (Å²) in [6.07, 6.45) is 0.131. The second kappa shape index (κ2) is 16.9. The maximum atomic E-state index is 13.4. The molecule has 2 aromatic carbocycles. The van der Waals surface area contributed by atoms with Gasteiger partial charge in [0.15, 0.2) is 9.84 Å². The minimum absolute atomic E-state index is 0.140. The third kappa shape index (κ3) is 12.6. The Morgan fingerprint density at radius 1 is 0.851 bits per heavy atom. The van der Waals surface area contributed by atoms with Crippen LogP contribution in [0.25, 0.3) is 0 Å². The maximum Gasteiger partial charge on any atom is 0.408 e. The van der Waals surface area contributed by atoms with Crippen LogP contribution in [-0.2, 0) is 58.0 Å². The summed E-state index contributed by atoms with van der Waals surface area (Å²) in [6.45, 7) is -0.796. The Morgan fingerprint density at radius 3 is 2.02 bits per heavy atom. The number of carbonyl (C=O) groups is 6. The lowest BCUT2D eigenvalue weighted by Gasteiger charge is -2.26. The van der Waals surface area contributed by atoms with E-state index in [4.69, 9.17) is 9.84 Å². The number of carbonyl (C=O) groups excluding carboxylic acids is 4. The summed E-state index contributed by atoms with van der Waals surface area (Å²) in [5, 5.41) is 28.8. The van der Waals surface area contributed by atoms with Crippen molar-refractivity contribution >= 4 is 45.6 Å². The Morgan fingerprint density at radius 2 is 1.45 bits per heavy atom. The van der Waals surface area contributed by atoms with E-state index >= 15 is 0 Å². The molecule has 1 aliphatic carbocycles. The Bertz CT molecular complexity index is 1590. The molecule has 0 fully saturated rings. The van der Waals surface area contributed by atoms with Crippen molar-refractivity contribution in [3.05, 3.63) is 82.8 Å². The fourth-order valence-electron chi connectivity index (χ4n) is 4.90. The van der Waals surface area contributed by atoms with E-state index in [1.807, 2.05) is 24.3 Å². The number of rotatable bonds is 16. The molecule has 0 aliphatic heterocycles. The van der Waals surface area contributed by atoms with Crippen LogP contribution in [0.2, 0.25) is 0 Å². The second-order valence-corrected chi connectivity index (χ2v) is 12.9. The topological polar surface area (TPSA) is 234 Å². The van der Waals surface area contributed by atoms with Gasteiger partial charge in [0.1, 0.15) is 18.7 Å². The number of nitrogens with one attached hydrogen (secondary N) is 4. The Labute approximate surface area is 270 Å². The molecule has 0 unspecified atom stereocenters. The Kier molecular flexibility index (Phi) is 13.0. The van der Waals surface area contributed by atoms with Crippen LogP contribution in [0.15, 0.2) is 66.1 Å². The van der Waals surface area contributed by atoms with E-state index in [2.05, 4.69) is 21.3 Å². The summed E-state index contributed by atoms with van der Waals surface area (Å²) in [4.78, 5) is 74.6. The van der Waals surface area contributed by atoms with Crippen molar-refractivity contribution in [3.63, 3.8) is 0 Å². The van der Waals surface area contributed by atoms with E-state index in [0.29, 0.717) is 18.4 Å². The first-order valence-corrected chi connectivity index (χ1v) is 16.4. The molecule has 0 spiro atoms. The number of alkyl carbamates (subject to hydrolysis) is 1. The van der Waals surface area contributed by atoms with Gasteiger partial charge in [0.2, 0.25) is 17.7 Å². The highest BCUT2D eigenvalue weighted by Gasteiger charge is 2.36. The average Bonchev–Trinajstić information content (AvgIpc) is 3.43. The molecular weight excluding hydrogens is 636 g/mol. The lowest BCUT2D eigenvalue weighted by Crippen LogP contribution is -2.57. The molecule has 0 saturated carbocycles. The highest BCUT2D eigenvalue weighted by molar-refractivity contribution is 7.93. The molecule has 16 heteroatoms. The Hall–Kier alpha value is -5.25. The SMILES string of the molecule is CS(=O)(=O)/C=C/[C@H](CC(=O)O)NC(=O)CNC(=O)[C@@H](NC(=O)[C@H](CC(=O)O)NC(=O)OCc1ccccc1)C1Cc2ccccc2C1. The number of ether oxygens (including phenoxy) is 1. The number of hydrogen-bond acceptors (Lipinski definition) is 9. The average molecular weight is 673 g/mol. The molecule has 0 saturated heterocycles. The number of fused-ring (bicyclic) bond motifs is 1. The predicted molar refractivity (Wildman–Crippen MR) is 166 cm³/mol. The van der Waals surface area contributed by atoms with Crippen molar-refractivity contribution in [3.8, 4) is 0 Å². The number of hydrogen-bond donors (Lipinski definition) is 6. The van der Waals surface area contributed by atoms with E-state index in [0.717, 1.165) is 28.9 Å². The number of amides is 4. The quantitative estimate of drug-likeness (QED) is 0.142. The van der Waals surface area contributed by atoms with Crippen LogP contribution in [-0.4, -0.2) is 85.3 Å². The van der Waals surface area contributed by atoms with Crippen LogP contribution < -0.4 is 21.3 Å². The normalized spacial score (nSPS) is 14.7. The lowest BCUT2D eigenvalue weighted by molar-refractivity contribution is -0.140. The molecule has 0 aromatic heterocycles. The van der Waals surface area contributed by atoms with E-state index < -0.39 is 89.0 Å². The molecular formula is C31H36N4O11S. The monoisotopic (exact) mass is 672 g/mol. The van der Waals surface area contributed by atoms with Gasteiger partial charge < -0.3 is 36.2 Å². The summed E-state index contributed by atoms with van der Waals surface area (Å²) >= 11 is 0. The third-order valence-corrected chi connectivity index (χ3v) is 7.71. The number of benzene rings is 2. The number of carboxylic acid groups (broad SMARTS) is 2. The molecule has 0 heterocycles. The van der Waals surface area contributed by atoms with E-state index in [9.17, 15) is 42.3 Å². The van der Waals surface area contributed by atoms with Gasteiger partial charge in [-0.15, -0.1) is 0 Å². The van der Waals surface area contributed by atoms with Crippen LogP contribution in [0.3, 0.4) is 0 Å². The van der Waals surface area contributed by atoms with Gasteiger partial charge >= 0.3 is 18.0 Å². The summed E-state index contributed by atoms with van der Waals surface area (Å²) in [5.74, 6) is -5.83. The first-order valence-electron chi connectivity index (χ1n) is 14.4. The fraction of sp³-hybridized carbons (Fsp3) is 0.355. The summed E-state index contributed by atoms with van der Waals surface area (Å²) in [7, 11) is -3.62. The van der Waals surface area contributed by atoms with Gasteiger partial charge in [-0.3, -0.25) is 24.0 Å². The van der Waals surface area contributed by atoms with E-state index in [-0.39, 0.29) is 6.61 Å². The first-order chi connectivity index (χ1) is 22.2. The molecule has 252 valence electrons. The molecule has 0 radical (unpaired) electrons. The van der Waals surface area contributed by atoms with Crippen molar-refractivity contribution < 1.29 is 52.1 Å². The zero-order valence-corrected chi connectivity index (χ0v) is 26.2. The van der Waals surface area contributed by atoms with Gasteiger partial charge in [0, 0.05) is 11.7 Å². The van der Waals surface area contributed by atoms with Gasteiger partial charge in [-0.1, -0.05) is 60.7 Å². The number of sulfone groups is 1. The lowest BCUT2D eigenvalue weighted by atomic mass is 9.95. The smallest absolute Gasteiger partial charge is 0.408 e. The van der Waals surface area contributed by atoms with Gasteiger partial charge in [0.05, 0.1) is 25.4 Å². The van der Waals surface area contributed by atoms with Crippen LogP contribution >= 0.6 is 0 Å². The van der Waals surface area contributed by atoms with Gasteiger partial charge in [-0.05, 0) is 35.4 Å². The molecule has 1 aliphatic rings. The molecule has 6 N–H and O–H groups in total. The number of carboxylic acids is 2. The molecule has 47 heavy (non-hydrogen) atoms. The summed E-state index contributed by atoms with van der Waals surface area (Å²) in [5.41, 5.74) is 2.52. The molecule has 2 aromatic rings. The number of aliphatic carboxylic acids is 2. The predicted octanol–water partition coefficient (Wildman–Crippen LogP) is 0.290. The first kappa shape index (κ1) is 36.2. The largest absolute Gasteiger partial charge is 0.481 e. The zero-order valence-electron chi connectivity index (χ0n) is 25.4. The van der Waals surface area contributed by atoms with E-state index in [1.165, 1.54) is 0 Å². The van der Waals surface area contributed by atoms with Crippen molar-refractivity contribution in [1.82, 2.24) is 21.3 Å². The zero-order chi connectivity index (χ0) is 34.6. The van der Waals surface area contributed by atoms with Gasteiger partial charge in [0.25, 0.3) is 0 Å². The molecule has 3 atom stereocenters. The minimum atomic E-state index is -3.62. The molecule has 4 amide bonds. The van der Waals surface area contributed by atoms with Crippen molar-refractivity contribution in [2.45, 2.75) is 50.4 Å². The van der Waals surface area contributed by atoms with Crippen molar-refractivity contribution in [1.29, 1.82) is 0 Å². The fourth-order valence-corrected chi connectivity index (χ4v) is 5.37. The summed E-state index contributed by atoms with van der Waals surface area (Å²) < 4.78 is 28.0. The molecule has 15 nitrogen and oxygen atoms in total. The minimum Gasteiger partial charge on any atom is -0.481 e. The van der Waals surface area contributed by atoms with Crippen LogP contribution in [0, 0.1) is 5.92 Å². The van der Waals surface area contributed by atoms with Crippen LogP contribution in [0.4, 0.5) is 4.79 Å². The molecule has 3 rings (SSSR count). The van der Waals surface area contributed by atoms with Crippen molar-refractivity contribution in [2.75, 3.05) is 12.8 Å². The van der Waals surface area contributed by atoms with Crippen LogP contribution in [0.5, 0.6) is 0 Å².